The second-order valence-electron chi connectivity index (χ2n) is 6.62. The van der Waals surface area contributed by atoms with Crippen molar-refractivity contribution in [3.8, 4) is 0 Å². The van der Waals surface area contributed by atoms with Crippen LogP contribution in [0.25, 0.3) is 22.6 Å². The summed E-state index contributed by atoms with van der Waals surface area (Å²) in [7, 11) is 0. The Morgan fingerprint density at radius 3 is 2.85 bits per heavy atom. The summed E-state index contributed by atoms with van der Waals surface area (Å²) in [6, 6.07) is 12.6. The van der Waals surface area contributed by atoms with Crippen molar-refractivity contribution in [1.29, 1.82) is 0 Å². The van der Waals surface area contributed by atoms with Crippen molar-refractivity contribution in [2.24, 2.45) is 0 Å². The first-order valence-corrected chi connectivity index (χ1v) is 8.58. The molecule has 1 aliphatic heterocycles. The number of fused-ring (bicyclic) bond motifs is 2. The van der Waals surface area contributed by atoms with Gasteiger partial charge in [-0.25, -0.2) is 9.78 Å². The molecule has 0 amide bonds. The Kier molecular flexibility index (Phi) is 3.92. The Hall–Kier alpha value is -3.21. The van der Waals surface area contributed by atoms with E-state index in [1.807, 2.05) is 25.1 Å². The van der Waals surface area contributed by atoms with Crippen LogP contribution in [0.3, 0.4) is 0 Å². The van der Waals surface area contributed by atoms with Gasteiger partial charge in [-0.2, -0.15) is 0 Å². The van der Waals surface area contributed by atoms with Gasteiger partial charge in [-0.1, -0.05) is 29.8 Å². The van der Waals surface area contributed by atoms with Gasteiger partial charge in [0.2, 0.25) is 0 Å². The van der Waals surface area contributed by atoms with Crippen LogP contribution in [0, 0.1) is 6.92 Å². The third-order valence-corrected chi connectivity index (χ3v) is 4.70. The summed E-state index contributed by atoms with van der Waals surface area (Å²) in [6.45, 7) is 2.67. The minimum Gasteiger partial charge on any atom is -0.478 e. The number of allylic oxidation sites excluding steroid dienone is 1. The molecule has 0 bridgehead atoms. The first-order valence-electron chi connectivity index (χ1n) is 8.58. The highest BCUT2D eigenvalue weighted by Crippen LogP contribution is 2.27. The SMILES string of the molecule is Cc1cccc(/C=C2\CCCn3c2nc2cc(C(=O)O)ccc2c3=O)c1. The van der Waals surface area contributed by atoms with Crippen LogP contribution < -0.4 is 5.56 Å². The molecular weight excluding hydrogens is 328 g/mol. The van der Waals surface area contributed by atoms with E-state index in [9.17, 15) is 14.7 Å². The molecule has 3 aromatic rings. The molecule has 0 unspecified atom stereocenters. The zero-order chi connectivity index (χ0) is 18.3. The smallest absolute Gasteiger partial charge is 0.335 e. The van der Waals surface area contributed by atoms with E-state index in [1.165, 1.54) is 17.7 Å². The number of rotatable bonds is 2. The van der Waals surface area contributed by atoms with Gasteiger partial charge < -0.3 is 5.11 Å². The molecule has 2 aromatic carbocycles. The molecule has 130 valence electrons. The molecular formula is C21H18N2O3. The molecule has 0 fully saturated rings. The molecule has 1 N–H and O–H groups in total. The van der Waals surface area contributed by atoms with Gasteiger partial charge in [0, 0.05) is 6.54 Å². The molecule has 5 heteroatoms. The van der Waals surface area contributed by atoms with E-state index in [2.05, 4.69) is 17.1 Å². The highest BCUT2D eigenvalue weighted by molar-refractivity contribution is 5.93. The van der Waals surface area contributed by atoms with Crippen LogP contribution in [0.15, 0.2) is 47.3 Å². The molecule has 1 aliphatic rings. The fourth-order valence-electron chi connectivity index (χ4n) is 3.44. The van der Waals surface area contributed by atoms with E-state index >= 15 is 0 Å². The first-order chi connectivity index (χ1) is 12.5. The van der Waals surface area contributed by atoms with Crippen LogP contribution in [-0.4, -0.2) is 20.6 Å². The Labute approximate surface area is 150 Å². The number of aromatic nitrogens is 2. The summed E-state index contributed by atoms with van der Waals surface area (Å²) in [6.07, 6.45) is 3.78. The van der Waals surface area contributed by atoms with Crippen LogP contribution in [0.2, 0.25) is 0 Å². The van der Waals surface area contributed by atoms with Crippen LogP contribution in [0.1, 0.15) is 40.2 Å². The fourth-order valence-corrected chi connectivity index (χ4v) is 3.44. The fraction of sp³-hybridized carbons (Fsp3) is 0.190. The van der Waals surface area contributed by atoms with Crippen molar-refractivity contribution in [1.82, 2.24) is 9.55 Å². The van der Waals surface area contributed by atoms with E-state index < -0.39 is 5.97 Å². The number of hydrogen-bond donors (Lipinski definition) is 1. The lowest BCUT2D eigenvalue weighted by Crippen LogP contribution is -2.28. The number of carbonyl (C=O) groups is 1. The lowest BCUT2D eigenvalue weighted by molar-refractivity contribution is 0.0697. The monoisotopic (exact) mass is 346 g/mol. The van der Waals surface area contributed by atoms with Crippen molar-refractivity contribution in [3.63, 3.8) is 0 Å². The number of carboxylic acids is 1. The maximum Gasteiger partial charge on any atom is 0.335 e. The Balaban J connectivity index is 1.93. The second kappa shape index (κ2) is 6.26. The van der Waals surface area contributed by atoms with Crippen molar-refractivity contribution in [2.45, 2.75) is 26.3 Å². The number of aromatic carboxylic acids is 1. The predicted octanol–water partition coefficient (Wildman–Crippen LogP) is 3.74. The lowest BCUT2D eigenvalue weighted by atomic mass is 10.0. The molecule has 0 aliphatic carbocycles. The highest BCUT2D eigenvalue weighted by Gasteiger charge is 2.19. The minimum absolute atomic E-state index is 0.114. The zero-order valence-corrected chi connectivity index (χ0v) is 14.4. The van der Waals surface area contributed by atoms with Gasteiger partial charge in [0.05, 0.1) is 16.5 Å². The highest BCUT2D eigenvalue weighted by atomic mass is 16.4. The summed E-state index contributed by atoms with van der Waals surface area (Å²) >= 11 is 0. The van der Waals surface area contributed by atoms with E-state index in [-0.39, 0.29) is 11.1 Å². The molecule has 4 rings (SSSR count). The van der Waals surface area contributed by atoms with Gasteiger partial charge in [-0.3, -0.25) is 9.36 Å². The van der Waals surface area contributed by atoms with Gasteiger partial charge in [0.25, 0.3) is 5.56 Å². The van der Waals surface area contributed by atoms with Crippen LogP contribution >= 0.6 is 0 Å². The van der Waals surface area contributed by atoms with E-state index in [0.717, 1.165) is 24.0 Å². The van der Waals surface area contributed by atoms with E-state index in [1.54, 1.807) is 10.6 Å². The number of aryl methyl sites for hydroxylation is 1. The van der Waals surface area contributed by atoms with Crippen molar-refractivity contribution in [2.75, 3.05) is 0 Å². The van der Waals surface area contributed by atoms with Gasteiger partial charge in [0.15, 0.2) is 0 Å². The number of nitrogens with zero attached hydrogens (tertiary/aromatic N) is 2. The van der Waals surface area contributed by atoms with E-state index in [0.29, 0.717) is 23.3 Å². The van der Waals surface area contributed by atoms with Gasteiger partial charge in [0.1, 0.15) is 5.82 Å². The molecule has 0 spiro atoms. The second-order valence-corrected chi connectivity index (χ2v) is 6.62. The summed E-state index contributed by atoms with van der Waals surface area (Å²) in [4.78, 5) is 28.7. The average molecular weight is 346 g/mol. The molecule has 5 nitrogen and oxygen atoms in total. The molecule has 0 atom stereocenters. The summed E-state index contributed by atoms with van der Waals surface area (Å²) in [5.41, 5.74) is 3.69. The summed E-state index contributed by atoms with van der Waals surface area (Å²) in [5, 5.41) is 9.66. The number of carboxylic acid groups (broad SMARTS) is 1. The molecule has 0 radical (unpaired) electrons. The number of benzene rings is 2. The molecule has 1 aromatic heterocycles. The summed E-state index contributed by atoms with van der Waals surface area (Å²) < 4.78 is 1.70. The van der Waals surface area contributed by atoms with Crippen LogP contribution in [-0.2, 0) is 6.54 Å². The minimum atomic E-state index is -1.03. The average Bonchev–Trinajstić information content (AvgIpc) is 2.62. The van der Waals surface area contributed by atoms with Gasteiger partial charge in [-0.05, 0) is 55.2 Å². The van der Waals surface area contributed by atoms with E-state index in [4.69, 9.17) is 0 Å². The third-order valence-electron chi connectivity index (χ3n) is 4.70. The van der Waals surface area contributed by atoms with Crippen molar-refractivity contribution in [3.05, 3.63) is 75.3 Å². The topological polar surface area (TPSA) is 72.2 Å². The third kappa shape index (κ3) is 2.81. The maximum atomic E-state index is 12.9. The molecule has 2 heterocycles. The Morgan fingerprint density at radius 1 is 1.23 bits per heavy atom. The molecule has 26 heavy (non-hydrogen) atoms. The predicted molar refractivity (Wildman–Crippen MR) is 101 cm³/mol. The van der Waals surface area contributed by atoms with Gasteiger partial charge >= 0.3 is 5.97 Å². The quantitative estimate of drug-likeness (QED) is 0.767. The Morgan fingerprint density at radius 2 is 2.08 bits per heavy atom. The summed E-state index contributed by atoms with van der Waals surface area (Å²) in [5.74, 6) is -0.389. The van der Waals surface area contributed by atoms with Crippen LogP contribution in [0.5, 0.6) is 0 Å². The number of hydrogen-bond acceptors (Lipinski definition) is 3. The molecule has 0 saturated heterocycles. The van der Waals surface area contributed by atoms with Crippen molar-refractivity contribution < 1.29 is 9.90 Å². The Bertz CT molecular complexity index is 1130. The van der Waals surface area contributed by atoms with Crippen molar-refractivity contribution >= 4 is 28.5 Å². The first kappa shape index (κ1) is 16.3. The maximum absolute atomic E-state index is 12.9. The standard InChI is InChI=1S/C21H18N2O3/c1-13-4-2-5-14(10-13)11-15-6-3-9-23-19(15)22-18-12-16(21(25)26)7-8-17(18)20(23)24/h2,4-5,7-8,10-12H,3,6,9H2,1H3,(H,25,26)/b15-11+. The lowest BCUT2D eigenvalue weighted by Gasteiger charge is -2.21. The normalized spacial score (nSPS) is 15.2. The molecule has 0 saturated carbocycles. The van der Waals surface area contributed by atoms with Crippen LogP contribution in [0.4, 0.5) is 0 Å². The zero-order valence-electron chi connectivity index (χ0n) is 14.4. The van der Waals surface area contributed by atoms with Gasteiger partial charge in [-0.15, -0.1) is 0 Å². The largest absolute Gasteiger partial charge is 0.478 e.